The maximum Gasteiger partial charge on any atom is 0.251 e. The van der Waals surface area contributed by atoms with Crippen molar-refractivity contribution in [3.05, 3.63) is 35.4 Å². The Morgan fingerprint density at radius 1 is 1.45 bits per heavy atom. The van der Waals surface area contributed by atoms with E-state index >= 15 is 0 Å². The molecular formula is C15H21N3OS. The third kappa shape index (κ3) is 3.77. The summed E-state index contributed by atoms with van der Waals surface area (Å²) in [4.78, 5) is 14.8. The van der Waals surface area contributed by atoms with Crippen molar-refractivity contribution in [2.45, 2.75) is 25.3 Å². The molecule has 1 saturated heterocycles. The predicted molar refractivity (Wildman–Crippen MR) is 84.9 cm³/mol. The van der Waals surface area contributed by atoms with Gasteiger partial charge < -0.3 is 16.0 Å². The molecule has 0 radical (unpaired) electrons. The monoisotopic (exact) mass is 291 g/mol. The fraction of sp³-hybridized carbons (Fsp3) is 0.467. The average molecular weight is 291 g/mol. The summed E-state index contributed by atoms with van der Waals surface area (Å²) in [6.07, 6.45) is 3.63. The van der Waals surface area contributed by atoms with Crippen molar-refractivity contribution in [1.29, 1.82) is 0 Å². The molecule has 5 heteroatoms. The fourth-order valence-corrected chi connectivity index (χ4v) is 2.66. The standard InChI is InChI=1S/C15H21N3OS/c1-18-8-3-2-7-13(18)10-17-15(19)12-6-4-5-11(9-12)14(16)20/h4-6,9,13H,2-3,7-8,10H2,1H3,(H2,16,20)(H,17,19). The van der Waals surface area contributed by atoms with E-state index in [9.17, 15) is 4.79 Å². The number of benzene rings is 1. The third-order valence-electron chi connectivity index (χ3n) is 3.83. The summed E-state index contributed by atoms with van der Waals surface area (Å²) in [6, 6.07) is 7.57. The van der Waals surface area contributed by atoms with Crippen LogP contribution in [0.15, 0.2) is 24.3 Å². The molecule has 1 aliphatic rings. The first-order chi connectivity index (χ1) is 9.58. The number of thiocarbonyl (C=S) groups is 1. The van der Waals surface area contributed by atoms with Crippen molar-refractivity contribution in [1.82, 2.24) is 10.2 Å². The Bertz CT molecular complexity index is 504. The summed E-state index contributed by atoms with van der Waals surface area (Å²) >= 11 is 4.93. The molecule has 1 aromatic carbocycles. The molecule has 3 N–H and O–H groups in total. The second-order valence-electron chi connectivity index (χ2n) is 5.29. The minimum Gasteiger partial charge on any atom is -0.389 e. The van der Waals surface area contributed by atoms with Crippen LogP contribution in [0.25, 0.3) is 0 Å². The van der Waals surface area contributed by atoms with Crippen LogP contribution in [-0.2, 0) is 0 Å². The second kappa shape index (κ2) is 6.81. The molecule has 1 heterocycles. The van der Waals surface area contributed by atoms with Gasteiger partial charge in [0.2, 0.25) is 0 Å². The van der Waals surface area contributed by atoms with E-state index in [0.717, 1.165) is 18.5 Å². The number of hydrogen-bond acceptors (Lipinski definition) is 3. The number of piperidine rings is 1. The maximum atomic E-state index is 12.2. The highest BCUT2D eigenvalue weighted by Crippen LogP contribution is 2.14. The first kappa shape index (κ1) is 14.9. The first-order valence-corrected chi connectivity index (χ1v) is 7.37. The summed E-state index contributed by atoms with van der Waals surface area (Å²) in [5.41, 5.74) is 6.91. The normalized spacial score (nSPS) is 19.6. The summed E-state index contributed by atoms with van der Waals surface area (Å²) in [7, 11) is 2.11. The number of nitrogens with zero attached hydrogens (tertiary/aromatic N) is 1. The van der Waals surface area contributed by atoms with Crippen LogP contribution in [0.3, 0.4) is 0 Å². The van der Waals surface area contributed by atoms with E-state index in [-0.39, 0.29) is 5.91 Å². The van der Waals surface area contributed by atoms with Gasteiger partial charge in [-0.1, -0.05) is 30.8 Å². The van der Waals surface area contributed by atoms with Gasteiger partial charge in [0.15, 0.2) is 0 Å². The van der Waals surface area contributed by atoms with Gasteiger partial charge in [-0.15, -0.1) is 0 Å². The lowest BCUT2D eigenvalue weighted by Gasteiger charge is -2.32. The number of likely N-dealkylation sites (tertiary alicyclic amines) is 1. The third-order valence-corrected chi connectivity index (χ3v) is 4.06. The topological polar surface area (TPSA) is 58.4 Å². The van der Waals surface area contributed by atoms with Crippen molar-refractivity contribution in [2.24, 2.45) is 5.73 Å². The second-order valence-corrected chi connectivity index (χ2v) is 5.73. The van der Waals surface area contributed by atoms with Crippen molar-refractivity contribution < 1.29 is 4.79 Å². The lowest BCUT2D eigenvalue weighted by Crippen LogP contribution is -2.44. The molecule has 0 spiro atoms. The molecule has 0 saturated carbocycles. The molecule has 1 fully saturated rings. The molecule has 1 aliphatic heterocycles. The Balaban J connectivity index is 1.94. The summed E-state index contributed by atoms with van der Waals surface area (Å²) in [5.74, 6) is -0.0675. The van der Waals surface area contributed by atoms with Gasteiger partial charge in [-0.25, -0.2) is 0 Å². The van der Waals surface area contributed by atoms with Crippen LogP contribution < -0.4 is 11.1 Å². The Morgan fingerprint density at radius 3 is 2.90 bits per heavy atom. The largest absolute Gasteiger partial charge is 0.389 e. The van der Waals surface area contributed by atoms with Gasteiger partial charge in [-0.3, -0.25) is 4.79 Å². The Hall–Kier alpha value is -1.46. The van der Waals surface area contributed by atoms with Gasteiger partial charge >= 0.3 is 0 Å². The highest BCUT2D eigenvalue weighted by atomic mass is 32.1. The van der Waals surface area contributed by atoms with E-state index in [1.54, 1.807) is 18.2 Å². The average Bonchev–Trinajstić information content (AvgIpc) is 2.46. The summed E-state index contributed by atoms with van der Waals surface area (Å²) < 4.78 is 0. The van der Waals surface area contributed by atoms with Crippen LogP contribution in [0.2, 0.25) is 0 Å². The number of hydrogen-bond donors (Lipinski definition) is 2. The Kier molecular flexibility index (Phi) is 5.09. The molecule has 4 nitrogen and oxygen atoms in total. The van der Waals surface area contributed by atoms with Gasteiger partial charge in [-0.2, -0.15) is 0 Å². The number of nitrogens with two attached hydrogens (primary N) is 1. The van der Waals surface area contributed by atoms with Gasteiger partial charge in [0.25, 0.3) is 5.91 Å². The number of amides is 1. The zero-order valence-corrected chi connectivity index (χ0v) is 12.6. The van der Waals surface area contributed by atoms with E-state index in [4.69, 9.17) is 18.0 Å². The molecular weight excluding hydrogens is 270 g/mol. The summed E-state index contributed by atoms with van der Waals surface area (Å²) in [5, 5.41) is 3.00. The molecule has 0 aromatic heterocycles. The lowest BCUT2D eigenvalue weighted by molar-refractivity contribution is 0.0928. The highest BCUT2D eigenvalue weighted by molar-refractivity contribution is 7.80. The molecule has 0 aliphatic carbocycles. The Morgan fingerprint density at radius 2 is 2.20 bits per heavy atom. The number of carbonyl (C=O) groups excluding carboxylic acids is 1. The quantitative estimate of drug-likeness (QED) is 0.826. The van der Waals surface area contributed by atoms with Crippen LogP contribution in [0, 0.1) is 0 Å². The molecule has 108 valence electrons. The fourth-order valence-electron chi connectivity index (χ4n) is 2.53. The van der Waals surface area contributed by atoms with E-state index in [0.29, 0.717) is 23.1 Å². The molecule has 20 heavy (non-hydrogen) atoms. The van der Waals surface area contributed by atoms with Crippen molar-refractivity contribution in [3.63, 3.8) is 0 Å². The SMILES string of the molecule is CN1CCCCC1CNC(=O)c1cccc(C(N)=S)c1. The highest BCUT2D eigenvalue weighted by Gasteiger charge is 2.19. The smallest absolute Gasteiger partial charge is 0.251 e. The number of rotatable bonds is 4. The molecule has 1 atom stereocenters. The van der Waals surface area contributed by atoms with Crippen LogP contribution >= 0.6 is 12.2 Å². The van der Waals surface area contributed by atoms with E-state index < -0.39 is 0 Å². The summed E-state index contributed by atoms with van der Waals surface area (Å²) in [6.45, 7) is 1.80. The van der Waals surface area contributed by atoms with Crippen LogP contribution in [0.5, 0.6) is 0 Å². The van der Waals surface area contributed by atoms with Crippen LogP contribution in [0.4, 0.5) is 0 Å². The van der Waals surface area contributed by atoms with E-state index in [1.165, 1.54) is 12.8 Å². The number of nitrogens with one attached hydrogen (secondary N) is 1. The van der Waals surface area contributed by atoms with Gasteiger partial charge in [-0.05, 0) is 38.6 Å². The maximum absolute atomic E-state index is 12.2. The van der Waals surface area contributed by atoms with Crippen molar-refractivity contribution >= 4 is 23.1 Å². The molecule has 1 amide bonds. The lowest BCUT2D eigenvalue weighted by atomic mass is 10.0. The Labute approximate surface area is 125 Å². The van der Waals surface area contributed by atoms with E-state index in [1.807, 2.05) is 6.07 Å². The minimum atomic E-state index is -0.0675. The van der Waals surface area contributed by atoms with Gasteiger partial charge in [0.1, 0.15) is 4.99 Å². The molecule has 1 unspecified atom stereocenters. The molecule has 2 rings (SSSR count). The molecule has 0 bridgehead atoms. The van der Waals surface area contributed by atoms with Crippen LogP contribution in [0.1, 0.15) is 35.2 Å². The number of likely N-dealkylation sites (N-methyl/N-ethyl adjacent to an activating group) is 1. The molecule has 1 aromatic rings. The first-order valence-electron chi connectivity index (χ1n) is 6.96. The van der Waals surface area contributed by atoms with Crippen LogP contribution in [-0.4, -0.2) is 42.0 Å². The van der Waals surface area contributed by atoms with Gasteiger partial charge in [0, 0.05) is 23.7 Å². The minimum absolute atomic E-state index is 0.0675. The van der Waals surface area contributed by atoms with Crippen molar-refractivity contribution in [3.8, 4) is 0 Å². The zero-order valence-electron chi connectivity index (χ0n) is 11.8. The van der Waals surface area contributed by atoms with Gasteiger partial charge in [0.05, 0.1) is 0 Å². The predicted octanol–water partition coefficient (Wildman–Crippen LogP) is 1.53. The zero-order chi connectivity index (χ0) is 14.5. The van der Waals surface area contributed by atoms with Crippen molar-refractivity contribution in [2.75, 3.05) is 20.1 Å². The van der Waals surface area contributed by atoms with E-state index in [2.05, 4.69) is 17.3 Å². The number of carbonyl (C=O) groups is 1.